The van der Waals surface area contributed by atoms with Gasteiger partial charge in [0.05, 0.1) is 6.54 Å². The number of carboxylic acids is 1. The molecule has 0 rings (SSSR count). The summed E-state index contributed by atoms with van der Waals surface area (Å²) < 4.78 is 0. The molecule has 1 amide bonds. The molecule has 0 saturated carbocycles. The van der Waals surface area contributed by atoms with Crippen molar-refractivity contribution in [3.8, 4) is 0 Å². The number of nitrogens with one attached hydrogen (secondary N) is 1. The Morgan fingerprint density at radius 2 is 1.75 bits per heavy atom. The normalized spacial score (nSPS) is 12.2. The molecule has 0 spiro atoms. The summed E-state index contributed by atoms with van der Waals surface area (Å²) in [5.41, 5.74) is 0. The predicted molar refractivity (Wildman–Crippen MR) is 62.3 cm³/mol. The van der Waals surface area contributed by atoms with Crippen LogP contribution in [0.2, 0.25) is 0 Å². The summed E-state index contributed by atoms with van der Waals surface area (Å²) in [6.45, 7) is 7.12. The fraction of sp³-hybridized carbons (Fsp3) is 0.818. The Balaban J connectivity index is 4.04. The van der Waals surface area contributed by atoms with Crippen molar-refractivity contribution in [1.29, 1.82) is 0 Å². The molecule has 0 saturated heterocycles. The number of carboxylic acid groups (broad SMARTS) is 1. The van der Waals surface area contributed by atoms with Crippen molar-refractivity contribution in [3.05, 3.63) is 0 Å². The van der Waals surface area contributed by atoms with Gasteiger partial charge in [-0.3, -0.25) is 14.9 Å². The van der Waals surface area contributed by atoms with Gasteiger partial charge < -0.3 is 10.0 Å². The number of rotatable bonds is 8. The molecule has 0 radical (unpaired) electrons. The Morgan fingerprint density at radius 1 is 1.25 bits per heavy atom. The first-order chi connectivity index (χ1) is 7.52. The van der Waals surface area contributed by atoms with Crippen molar-refractivity contribution in [2.45, 2.75) is 39.7 Å². The minimum atomic E-state index is -0.940. The van der Waals surface area contributed by atoms with Gasteiger partial charge in [-0.1, -0.05) is 13.8 Å². The van der Waals surface area contributed by atoms with Crippen LogP contribution in [-0.4, -0.2) is 47.6 Å². The van der Waals surface area contributed by atoms with Crippen molar-refractivity contribution in [2.24, 2.45) is 0 Å². The van der Waals surface area contributed by atoms with E-state index in [1.807, 2.05) is 13.8 Å². The average Bonchev–Trinajstić information content (AvgIpc) is 2.24. The van der Waals surface area contributed by atoms with Gasteiger partial charge in [-0.05, 0) is 19.8 Å². The molecule has 1 atom stereocenters. The Bertz CT molecular complexity index is 225. The molecule has 0 aliphatic heterocycles. The molecular formula is C11H22N2O3. The molecule has 94 valence electrons. The van der Waals surface area contributed by atoms with Crippen molar-refractivity contribution in [1.82, 2.24) is 10.2 Å². The highest BCUT2D eigenvalue weighted by atomic mass is 16.4. The van der Waals surface area contributed by atoms with Gasteiger partial charge in [-0.25, -0.2) is 0 Å². The monoisotopic (exact) mass is 230 g/mol. The standard InChI is InChI=1S/C11H22N2O3/c1-4-6-13(7-5-2)10(14)8-12-9(3)11(15)16/h9,12H,4-8H2,1-3H3,(H,15,16)/t9-/m0/s1. The van der Waals surface area contributed by atoms with Crippen LogP contribution < -0.4 is 5.32 Å². The Hall–Kier alpha value is -1.10. The SMILES string of the molecule is CCCN(CCC)C(=O)CN[C@@H](C)C(=O)O. The molecule has 0 heterocycles. The molecule has 2 N–H and O–H groups in total. The smallest absolute Gasteiger partial charge is 0.320 e. The number of amides is 1. The Labute approximate surface area is 96.8 Å². The van der Waals surface area contributed by atoms with Crippen LogP contribution in [0.15, 0.2) is 0 Å². The minimum absolute atomic E-state index is 0.0307. The maximum Gasteiger partial charge on any atom is 0.320 e. The zero-order chi connectivity index (χ0) is 12.6. The molecule has 0 aliphatic rings. The molecule has 0 fully saturated rings. The third-order valence-electron chi connectivity index (χ3n) is 2.27. The number of nitrogens with zero attached hydrogens (tertiary/aromatic N) is 1. The molecule has 0 bridgehead atoms. The molecule has 5 nitrogen and oxygen atoms in total. The van der Waals surface area contributed by atoms with Crippen LogP contribution >= 0.6 is 0 Å². The van der Waals surface area contributed by atoms with E-state index >= 15 is 0 Å². The highest BCUT2D eigenvalue weighted by molar-refractivity contribution is 5.79. The second-order valence-corrected chi connectivity index (χ2v) is 3.82. The summed E-state index contributed by atoms with van der Waals surface area (Å²) in [5.74, 6) is -0.970. The third-order valence-corrected chi connectivity index (χ3v) is 2.27. The number of carbonyl (C=O) groups excluding carboxylic acids is 1. The molecule has 16 heavy (non-hydrogen) atoms. The summed E-state index contributed by atoms with van der Waals surface area (Å²) >= 11 is 0. The van der Waals surface area contributed by atoms with Gasteiger partial charge in [0.1, 0.15) is 6.04 Å². The lowest BCUT2D eigenvalue weighted by atomic mass is 10.3. The second-order valence-electron chi connectivity index (χ2n) is 3.82. The second kappa shape index (κ2) is 8.10. The molecule has 0 aromatic carbocycles. The summed E-state index contributed by atoms with van der Waals surface area (Å²) in [6, 6.07) is -0.686. The Kier molecular flexibility index (Phi) is 7.54. The fourth-order valence-corrected chi connectivity index (χ4v) is 1.34. The number of carbonyl (C=O) groups is 2. The van der Waals surface area contributed by atoms with Crippen molar-refractivity contribution in [3.63, 3.8) is 0 Å². The van der Waals surface area contributed by atoms with E-state index in [1.54, 1.807) is 4.90 Å². The maximum atomic E-state index is 11.7. The fourth-order valence-electron chi connectivity index (χ4n) is 1.34. The van der Waals surface area contributed by atoms with Crippen LogP contribution in [0, 0.1) is 0 Å². The maximum absolute atomic E-state index is 11.7. The quantitative estimate of drug-likeness (QED) is 0.644. The van der Waals surface area contributed by atoms with Crippen molar-refractivity contribution < 1.29 is 14.7 Å². The van der Waals surface area contributed by atoms with Crippen molar-refractivity contribution >= 4 is 11.9 Å². The van der Waals surface area contributed by atoms with Gasteiger partial charge in [0.25, 0.3) is 0 Å². The summed E-state index contributed by atoms with van der Waals surface area (Å²) in [6.07, 6.45) is 1.83. The summed E-state index contributed by atoms with van der Waals surface area (Å²) in [4.78, 5) is 24.0. The van der Waals surface area contributed by atoms with Gasteiger partial charge in [0.2, 0.25) is 5.91 Å². The van der Waals surface area contributed by atoms with E-state index in [4.69, 9.17) is 5.11 Å². The first-order valence-corrected chi connectivity index (χ1v) is 5.76. The average molecular weight is 230 g/mol. The number of hydrogen-bond donors (Lipinski definition) is 2. The molecule has 0 aliphatic carbocycles. The van der Waals surface area contributed by atoms with E-state index in [-0.39, 0.29) is 12.5 Å². The van der Waals surface area contributed by atoms with E-state index in [1.165, 1.54) is 6.92 Å². The lowest BCUT2D eigenvalue weighted by molar-refractivity contribution is -0.139. The summed E-state index contributed by atoms with van der Waals surface area (Å²) in [5, 5.41) is 11.3. The van der Waals surface area contributed by atoms with Gasteiger partial charge >= 0.3 is 5.97 Å². The van der Waals surface area contributed by atoms with E-state index < -0.39 is 12.0 Å². The lowest BCUT2D eigenvalue weighted by Crippen LogP contribution is -2.43. The number of aliphatic carboxylic acids is 1. The lowest BCUT2D eigenvalue weighted by Gasteiger charge is -2.22. The molecule has 0 unspecified atom stereocenters. The van der Waals surface area contributed by atoms with Crippen LogP contribution in [0.4, 0.5) is 0 Å². The Morgan fingerprint density at radius 3 is 2.12 bits per heavy atom. The molecule has 0 aromatic rings. The third kappa shape index (κ3) is 5.70. The highest BCUT2D eigenvalue weighted by Crippen LogP contribution is 1.95. The van der Waals surface area contributed by atoms with Crippen LogP contribution in [0.1, 0.15) is 33.6 Å². The van der Waals surface area contributed by atoms with Crippen LogP contribution in [0.3, 0.4) is 0 Å². The summed E-state index contributed by atoms with van der Waals surface area (Å²) in [7, 11) is 0. The van der Waals surface area contributed by atoms with E-state index in [9.17, 15) is 9.59 Å². The van der Waals surface area contributed by atoms with Gasteiger partial charge in [-0.2, -0.15) is 0 Å². The molecule has 0 aromatic heterocycles. The number of hydrogen-bond acceptors (Lipinski definition) is 3. The first-order valence-electron chi connectivity index (χ1n) is 5.76. The van der Waals surface area contributed by atoms with E-state index in [0.717, 1.165) is 25.9 Å². The zero-order valence-corrected chi connectivity index (χ0v) is 10.3. The molecular weight excluding hydrogens is 208 g/mol. The van der Waals surface area contributed by atoms with Gasteiger partial charge in [0.15, 0.2) is 0 Å². The van der Waals surface area contributed by atoms with E-state index in [2.05, 4.69) is 5.32 Å². The van der Waals surface area contributed by atoms with Crippen LogP contribution in [-0.2, 0) is 9.59 Å². The van der Waals surface area contributed by atoms with E-state index in [0.29, 0.717) is 0 Å². The molecule has 5 heteroatoms. The topological polar surface area (TPSA) is 69.6 Å². The van der Waals surface area contributed by atoms with Gasteiger partial charge in [0, 0.05) is 13.1 Å². The highest BCUT2D eigenvalue weighted by Gasteiger charge is 2.15. The van der Waals surface area contributed by atoms with Gasteiger partial charge in [-0.15, -0.1) is 0 Å². The van der Waals surface area contributed by atoms with Crippen LogP contribution in [0.5, 0.6) is 0 Å². The zero-order valence-electron chi connectivity index (χ0n) is 10.3. The van der Waals surface area contributed by atoms with Crippen molar-refractivity contribution in [2.75, 3.05) is 19.6 Å². The first kappa shape index (κ1) is 14.9. The largest absolute Gasteiger partial charge is 0.480 e. The predicted octanol–water partition coefficient (Wildman–Crippen LogP) is 0.698. The van der Waals surface area contributed by atoms with Crippen LogP contribution in [0.25, 0.3) is 0 Å². The minimum Gasteiger partial charge on any atom is -0.480 e.